The summed E-state index contributed by atoms with van der Waals surface area (Å²) in [6.45, 7) is 18.5. The minimum atomic E-state index is -0.386. The van der Waals surface area contributed by atoms with Gasteiger partial charge in [0.05, 0.1) is 143 Å². The first-order valence-corrected chi connectivity index (χ1v) is 34.6. The second-order valence-corrected chi connectivity index (χ2v) is 24.7. The molecule has 1 saturated heterocycles. The molecule has 2 aromatic carbocycles. The Kier molecular flexibility index (Phi) is 43.9. The maximum atomic E-state index is 12.1. The second-order valence-electron chi connectivity index (χ2n) is 23.7. The Bertz CT molecular complexity index is 2570. The van der Waals surface area contributed by atoms with Crippen LogP contribution >= 0.6 is 15.9 Å². The standard InChI is InChI=1S/C38H58BrNO13.C32H46BNO9/c39-33-7-9-36(10-8-33)53-17-3-1-2-5-35(42)14-18-46-20-22-48-24-26-50-28-30-52-32-31-51-29-27-49-25-23-47-21-19-45-16-4-6-34(41)13-15-40-37(43)11-12-38(40)44;1-31(2)32(3,4)43-33(42-31)25-11-13-28(14-12-25)41-21-7-5-6-9-27(36)18-22-40-24-23-39-20-8-10-26(35)17-19-34-29(37)15-16-30(34)38/h7-12H,1-6,13-32H2;11-16H,5-10,17-24H2,1-4H3. The highest BCUT2D eigenvalue weighted by atomic mass is 79.9. The van der Waals surface area contributed by atoms with Gasteiger partial charge in [0.1, 0.15) is 34.6 Å². The first-order chi connectivity index (χ1) is 46.4. The van der Waals surface area contributed by atoms with Crippen molar-refractivity contribution in [3.05, 3.63) is 77.3 Å². The van der Waals surface area contributed by atoms with Gasteiger partial charge in [0, 0.05) is 106 Å². The van der Waals surface area contributed by atoms with Gasteiger partial charge in [-0.1, -0.05) is 28.1 Å². The molecule has 0 bridgehead atoms. The van der Waals surface area contributed by atoms with Crippen LogP contribution in [-0.4, -0.2) is 233 Å². The minimum absolute atomic E-state index is 0.00536. The van der Waals surface area contributed by atoms with Crippen LogP contribution in [0.2, 0.25) is 0 Å². The van der Waals surface area contributed by atoms with Crippen molar-refractivity contribution >= 4 is 75.3 Å². The Balaban J connectivity index is 0.000000417. The van der Waals surface area contributed by atoms with Crippen LogP contribution in [0.15, 0.2) is 77.3 Å². The van der Waals surface area contributed by atoms with Gasteiger partial charge in [0.2, 0.25) is 0 Å². The monoisotopic (exact) mass is 1410 g/mol. The number of rotatable bonds is 59. The summed E-state index contributed by atoms with van der Waals surface area (Å²) < 4.78 is 79.5. The van der Waals surface area contributed by atoms with Crippen molar-refractivity contribution in [2.75, 3.05) is 158 Å². The molecule has 24 nitrogen and oxygen atoms in total. The molecule has 0 unspecified atom stereocenters. The van der Waals surface area contributed by atoms with Crippen LogP contribution < -0.4 is 14.9 Å². The predicted molar refractivity (Wildman–Crippen MR) is 361 cm³/mol. The van der Waals surface area contributed by atoms with Crippen molar-refractivity contribution in [3.8, 4) is 11.5 Å². The lowest BCUT2D eigenvalue weighted by molar-refractivity contribution is -0.139. The molecule has 5 rings (SSSR count). The van der Waals surface area contributed by atoms with E-state index in [0.717, 1.165) is 69.8 Å². The molecule has 536 valence electrons. The van der Waals surface area contributed by atoms with Gasteiger partial charge < -0.3 is 66.2 Å². The van der Waals surface area contributed by atoms with Gasteiger partial charge >= 0.3 is 7.12 Å². The van der Waals surface area contributed by atoms with E-state index < -0.39 is 0 Å². The fourth-order valence-corrected chi connectivity index (χ4v) is 9.43. The lowest BCUT2D eigenvalue weighted by Gasteiger charge is -2.32. The van der Waals surface area contributed by atoms with E-state index in [0.29, 0.717) is 197 Å². The molecule has 2 aromatic rings. The number of Topliss-reactive ketones (excluding diaryl/α,β-unsaturated/α-hetero) is 4. The third-order valence-corrected chi connectivity index (χ3v) is 16.0. The Hall–Kier alpha value is -5.46. The number of ether oxygens (including phenoxy) is 12. The topological polar surface area (TPSA) is 272 Å². The third-order valence-electron chi connectivity index (χ3n) is 15.5. The Labute approximate surface area is 575 Å². The van der Waals surface area contributed by atoms with E-state index in [9.17, 15) is 38.4 Å². The first-order valence-electron chi connectivity index (χ1n) is 33.8. The van der Waals surface area contributed by atoms with E-state index in [4.69, 9.17) is 66.2 Å². The van der Waals surface area contributed by atoms with E-state index in [-0.39, 0.29) is 91.0 Å². The van der Waals surface area contributed by atoms with Crippen LogP contribution in [0.5, 0.6) is 11.5 Å². The molecule has 0 atom stereocenters. The van der Waals surface area contributed by atoms with Crippen molar-refractivity contribution in [1.82, 2.24) is 9.80 Å². The highest BCUT2D eigenvalue weighted by Crippen LogP contribution is 2.36. The summed E-state index contributed by atoms with van der Waals surface area (Å²) in [7, 11) is -0.386. The van der Waals surface area contributed by atoms with Gasteiger partial charge in [-0.05, 0) is 121 Å². The summed E-state index contributed by atoms with van der Waals surface area (Å²) >= 11 is 3.40. The van der Waals surface area contributed by atoms with Crippen LogP contribution in [0.3, 0.4) is 0 Å². The zero-order valence-electron chi connectivity index (χ0n) is 57.0. The molecule has 96 heavy (non-hydrogen) atoms. The maximum absolute atomic E-state index is 12.1. The molecule has 3 heterocycles. The smallest absolute Gasteiger partial charge is 0.494 e. The Morgan fingerprint density at radius 2 is 0.625 bits per heavy atom. The number of imide groups is 2. The Morgan fingerprint density at radius 1 is 0.344 bits per heavy atom. The number of nitrogens with zero attached hydrogens (tertiary/aromatic N) is 2. The quantitative estimate of drug-likeness (QED) is 0.0348. The summed E-state index contributed by atoms with van der Waals surface area (Å²) in [6.07, 6.45) is 14.3. The number of hydrogen-bond donors (Lipinski definition) is 0. The molecule has 0 spiro atoms. The lowest BCUT2D eigenvalue weighted by atomic mass is 9.79. The van der Waals surface area contributed by atoms with E-state index >= 15 is 0 Å². The van der Waals surface area contributed by atoms with Crippen molar-refractivity contribution in [3.63, 3.8) is 0 Å². The number of amides is 4. The van der Waals surface area contributed by atoms with Crippen molar-refractivity contribution in [2.24, 2.45) is 0 Å². The number of benzene rings is 2. The van der Waals surface area contributed by atoms with E-state index in [1.807, 2.05) is 76.2 Å². The maximum Gasteiger partial charge on any atom is 0.494 e. The fraction of sp³-hybridized carbons (Fsp3) is 0.657. The third kappa shape index (κ3) is 38.1. The van der Waals surface area contributed by atoms with E-state index in [2.05, 4.69) is 15.9 Å². The molecule has 0 radical (unpaired) electrons. The average Bonchev–Trinajstić information content (AvgIpc) is 1.63. The summed E-state index contributed by atoms with van der Waals surface area (Å²) in [4.78, 5) is 95.9. The molecule has 3 aliphatic rings. The van der Waals surface area contributed by atoms with E-state index in [1.165, 1.54) is 24.3 Å². The number of halogens is 1. The highest BCUT2D eigenvalue weighted by molar-refractivity contribution is 9.10. The molecule has 0 aliphatic carbocycles. The van der Waals surface area contributed by atoms with Crippen LogP contribution in [0.1, 0.15) is 130 Å². The van der Waals surface area contributed by atoms with Crippen LogP contribution in [0.4, 0.5) is 0 Å². The van der Waals surface area contributed by atoms with Crippen molar-refractivity contribution < 1.29 is 105 Å². The van der Waals surface area contributed by atoms with E-state index in [1.54, 1.807) is 0 Å². The van der Waals surface area contributed by atoms with Crippen LogP contribution in [-0.2, 0) is 95.0 Å². The zero-order chi connectivity index (χ0) is 69.3. The fourth-order valence-electron chi connectivity index (χ4n) is 9.17. The average molecular weight is 1420 g/mol. The minimum Gasteiger partial charge on any atom is -0.494 e. The largest absolute Gasteiger partial charge is 0.494 e. The summed E-state index contributed by atoms with van der Waals surface area (Å²) in [5.41, 5.74) is 0.226. The highest BCUT2D eigenvalue weighted by Gasteiger charge is 2.51. The number of carbonyl (C=O) groups excluding carboxylic acids is 8. The number of unbranched alkanes of at least 4 members (excludes halogenated alkanes) is 4. The van der Waals surface area contributed by atoms with Gasteiger partial charge in [0.15, 0.2) is 0 Å². The van der Waals surface area contributed by atoms with Gasteiger partial charge in [-0.3, -0.25) is 48.2 Å². The molecule has 0 N–H and O–H groups in total. The SMILES string of the molecule is CC1(C)OB(c2ccc(OCCCCCC(=O)CCOCCOCCCC(=O)CCN3C(=O)C=CC3=O)cc2)OC1(C)C.O=C(CCCCCOc1ccc(Br)cc1)CCOCCOCCOCCOCCOCCOCCOCCOCCCC(=O)CCN1C(=O)C=CC1=O. The van der Waals surface area contributed by atoms with Crippen LogP contribution in [0, 0.1) is 0 Å². The molecule has 3 aliphatic heterocycles. The van der Waals surface area contributed by atoms with Crippen molar-refractivity contribution in [1.29, 1.82) is 0 Å². The molecule has 0 saturated carbocycles. The number of carbonyl (C=O) groups is 8. The molecule has 1 fully saturated rings. The predicted octanol–water partition coefficient (Wildman–Crippen LogP) is 7.73. The molecule has 4 amide bonds. The summed E-state index contributed by atoms with van der Waals surface area (Å²) in [5.74, 6) is 0.563. The molecule has 0 aromatic heterocycles. The second kappa shape index (κ2) is 50.8. The summed E-state index contributed by atoms with van der Waals surface area (Å²) in [5, 5.41) is 0. The summed E-state index contributed by atoms with van der Waals surface area (Å²) in [6, 6.07) is 15.6. The normalized spacial score (nSPS) is 14.7. The molecular formula is C70H104BBrN2O22. The lowest BCUT2D eigenvalue weighted by Crippen LogP contribution is -2.41. The van der Waals surface area contributed by atoms with Gasteiger partial charge in [-0.25, -0.2) is 0 Å². The van der Waals surface area contributed by atoms with Crippen molar-refractivity contribution in [2.45, 2.75) is 142 Å². The molecule has 26 heteroatoms. The van der Waals surface area contributed by atoms with Gasteiger partial charge in [-0.2, -0.15) is 0 Å². The van der Waals surface area contributed by atoms with Gasteiger partial charge in [-0.15, -0.1) is 0 Å². The van der Waals surface area contributed by atoms with Crippen LogP contribution in [0.25, 0.3) is 0 Å². The van der Waals surface area contributed by atoms with Gasteiger partial charge in [0.25, 0.3) is 23.6 Å². The number of hydrogen-bond acceptors (Lipinski definition) is 22. The molecular weight excluding hydrogens is 1310 g/mol. The number of ketones is 4. The first kappa shape index (κ1) is 83.0. The zero-order valence-corrected chi connectivity index (χ0v) is 58.6. The Morgan fingerprint density at radius 3 is 0.958 bits per heavy atom.